The lowest BCUT2D eigenvalue weighted by Gasteiger charge is -2.20. The van der Waals surface area contributed by atoms with Crippen LogP contribution in [-0.4, -0.2) is 18.2 Å². The Morgan fingerprint density at radius 1 is 1.53 bits per heavy atom. The van der Waals surface area contributed by atoms with Crippen LogP contribution in [0.2, 0.25) is 0 Å². The fraction of sp³-hybridized carbons (Fsp3) is 0.400. The molecule has 2 rings (SSSR count). The zero-order chi connectivity index (χ0) is 11.0. The average Bonchev–Trinajstić information content (AvgIpc) is 2.55. The molecule has 0 radical (unpaired) electrons. The normalized spacial score (nSPS) is 27.5. The summed E-state index contributed by atoms with van der Waals surface area (Å²) < 4.78 is 5.18. The maximum Gasteiger partial charge on any atom is 0.355 e. The van der Waals surface area contributed by atoms with Crippen LogP contribution in [0.5, 0.6) is 0 Å². The van der Waals surface area contributed by atoms with E-state index in [1.165, 1.54) is 7.11 Å². The van der Waals surface area contributed by atoms with Gasteiger partial charge in [0.2, 0.25) is 0 Å². The molecule has 1 unspecified atom stereocenters. The van der Waals surface area contributed by atoms with Gasteiger partial charge in [0.1, 0.15) is 0 Å². The molecule has 2 aliphatic rings. The van der Waals surface area contributed by atoms with Gasteiger partial charge in [-0.25, -0.2) is 4.79 Å². The molecular weight excluding hydrogens is 236 g/mol. The van der Waals surface area contributed by atoms with Crippen LogP contribution in [-0.2, 0) is 9.53 Å². The Morgan fingerprint density at radius 3 is 2.93 bits per heavy atom. The van der Waals surface area contributed by atoms with E-state index in [1.807, 2.05) is 0 Å². The van der Waals surface area contributed by atoms with Crippen molar-refractivity contribution in [2.24, 2.45) is 0 Å². The monoisotopic (exact) mass is 246 g/mol. The number of hydrogen-bond acceptors (Lipinski definition) is 3. The lowest BCUT2D eigenvalue weighted by atomic mass is 9.98. The van der Waals surface area contributed by atoms with Gasteiger partial charge in [0.05, 0.1) is 11.5 Å². The predicted octanol–water partition coefficient (Wildman–Crippen LogP) is 2.85. The summed E-state index contributed by atoms with van der Waals surface area (Å²) >= 11 is 5.99. The lowest BCUT2D eigenvalue weighted by molar-refractivity contribution is -0.115. The third-order valence-corrected chi connectivity index (χ3v) is 5.26. The van der Waals surface area contributed by atoms with Gasteiger partial charge in [-0.15, -0.1) is 0 Å². The third kappa shape index (κ3) is 1.72. The van der Waals surface area contributed by atoms with E-state index < -0.39 is 10.9 Å². The molecule has 0 saturated carbocycles. The van der Waals surface area contributed by atoms with Crippen molar-refractivity contribution in [2.75, 3.05) is 7.11 Å². The summed E-state index contributed by atoms with van der Waals surface area (Å²) in [5, 5.41) is -0.314. The van der Waals surface area contributed by atoms with E-state index in [2.05, 4.69) is 0 Å². The molecule has 82 valence electrons. The Labute approximate surface area is 95.5 Å². The number of hydrogen-bond donors (Lipinski definition) is 1. The van der Waals surface area contributed by atoms with Crippen molar-refractivity contribution < 1.29 is 14.3 Å². The molecule has 0 aromatic rings. The predicted molar refractivity (Wildman–Crippen MR) is 61.2 cm³/mol. The number of halogens is 1. The number of rotatable bonds is 0. The van der Waals surface area contributed by atoms with Crippen molar-refractivity contribution in [3.05, 3.63) is 20.9 Å². The molecule has 0 amide bonds. The fourth-order valence-corrected chi connectivity index (χ4v) is 4.37. The molecule has 0 aromatic carbocycles. The quantitative estimate of drug-likeness (QED) is 0.528. The largest absolute Gasteiger partial charge is 0.462 e. The van der Waals surface area contributed by atoms with Crippen molar-refractivity contribution in [3.63, 3.8) is 0 Å². The maximum atomic E-state index is 11.6. The van der Waals surface area contributed by atoms with Crippen LogP contribution >= 0.6 is 22.5 Å². The van der Waals surface area contributed by atoms with Crippen LogP contribution in [0.15, 0.2) is 20.9 Å². The molecule has 15 heavy (non-hydrogen) atoms. The van der Waals surface area contributed by atoms with E-state index in [0.29, 0.717) is 16.4 Å². The highest BCUT2D eigenvalue weighted by Gasteiger charge is 2.34. The van der Waals surface area contributed by atoms with Crippen LogP contribution in [0, 0.1) is 0 Å². The van der Waals surface area contributed by atoms with Crippen molar-refractivity contribution in [1.82, 2.24) is 0 Å². The fourth-order valence-electron chi connectivity index (χ4n) is 1.84. The smallest absolute Gasteiger partial charge is 0.355 e. The van der Waals surface area contributed by atoms with Gasteiger partial charge in [0.25, 0.3) is 0 Å². The first-order valence-electron chi connectivity index (χ1n) is 4.66. The second-order valence-electron chi connectivity index (χ2n) is 3.41. The zero-order valence-electron chi connectivity index (χ0n) is 8.25. The van der Waals surface area contributed by atoms with Crippen molar-refractivity contribution in [1.29, 1.82) is 0 Å². The van der Waals surface area contributed by atoms with Gasteiger partial charge in [-0.3, -0.25) is 4.79 Å². The van der Waals surface area contributed by atoms with Gasteiger partial charge in [0, 0.05) is 12.0 Å². The summed E-state index contributed by atoms with van der Waals surface area (Å²) in [6, 6.07) is 0. The second-order valence-corrected chi connectivity index (χ2v) is 6.14. The molecule has 3 nitrogen and oxygen atoms in total. The summed E-state index contributed by atoms with van der Waals surface area (Å²) in [4.78, 5) is 24.0. The Bertz CT molecular complexity index is 397. The average molecular weight is 247 g/mol. The van der Waals surface area contributed by atoms with Crippen LogP contribution in [0.25, 0.3) is 0 Å². The van der Waals surface area contributed by atoms with Gasteiger partial charge in [-0.1, -0.05) is 22.5 Å². The number of Topliss-reactive ketones (excluding diaryl/α,β-unsaturated/α-hetero) is 1. The SMILES string of the molecule is COC(=O)[SH]1C(Cl)=CC2=C1CCCC2=O. The van der Waals surface area contributed by atoms with E-state index >= 15 is 0 Å². The van der Waals surface area contributed by atoms with Gasteiger partial charge in [-0.05, 0) is 23.8 Å². The zero-order valence-corrected chi connectivity index (χ0v) is 9.90. The number of ether oxygens (including phenoxy) is 1. The maximum absolute atomic E-state index is 11.6. The van der Waals surface area contributed by atoms with E-state index in [0.717, 1.165) is 17.7 Å². The number of allylic oxidation sites excluding steroid dienone is 3. The van der Waals surface area contributed by atoms with Gasteiger partial charge >= 0.3 is 5.30 Å². The first kappa shape index (κ1) is 10.8. The Hall–Kier alpha value is -0.740. The van der Waals surface area contributed by atoms with E-state index in [4.69, 9.17) is 16.3 Å². The highest BCUT2D eigenvalue weighted by molar-refractivity contribution is 8.36. The molecule has 0 bridgehead atoms. The number of ketones is 1. The number of thiol groups is 1. The summed E-state index contributed by atoms with van der Waals surface area (Å²) in [6.45, 7) is 0. The molecule has 5 heteroatoms. The summed E-state index contributed by atoms with van der Waals surface area (Å²) in [7, 11) is 0.118. The van der Waals surface area contributed by atoms with Crippen molar-refractivity contribution in [3.8, 4) is 0 Å². The Kier molecular flexibility index (Phi) is 2.89. The van der Waals surface area contributed by atoms with Gasteiger partial charge < -0.3 is 4.74 Å². The molecule has 0 saturated heterocycles. The minimum Gasteiger partial charge on any atom is -0.462 e. The second kappa shape index (κ2) is 4.02. The van der Waals surface area contributed by atoms with E-state index in [-0.39, 0.29) is 11.1 Å². The van der Waals surface area contributed by atoms with Crippen molar-refractivity contribution >= 4 is 33.6 Å². The van der Waals surface area contributed by atoms with Gasteiger partial charge in [0.15, 0.2) is 5.78 Å². The molecule has 1 heterocycles. The van der Waals surface area contributed by atoms with E-state index in [1.54, 1.807) is 6.08 Å². The highest BCUT2D eigenvalue weighted by atomic mass is 35.5. The number of carbonyl (C=O) groups excluding carboxylic acids is 2. The first-order chi connectivity index (χ1) is 7.15. The summed E-state index contributed by atoms with van der Waals surface area (Å²) in [5.41, 5.74) is 0.655. The number of methoxy groups -OCH3 is 1. The molecule has 1 atom stereocenters. The molecule has 0 spiro atoms. The lowest BCUT2D eigenvalue weighted by Crippen LogP contribution is -2.09. The highest BCUT2D eigenvalue weighted by Crippen LogP contribution is 2.56. The molecule has 0 aromatic heterocycles. The first-order valence-corrected chi connectivity index (χ1v) is 6.38. The van der Waals surface area contributed by atoms with Gasteiger partial charge in [-0.2, -0.15) is 0 Å². The molecule has 1 aliphatic heterocycles. The minimum absolute atomic E-state index is 0.100. The summed E-state index contributed by atoms with van der Waals surface area (Å²) in [5.74, 6) is 0.100. The molecule has 1 aliphatic carbocycles. The Balaban J connectivity index is 2.39. The van der Waals surface area contributed by atoms with E-state index in [9.17, 15) is 9.59 Å². The molecular formula is C10H11ClO3S. The molecule has 0 N–H and O–H groups in total. The van der Waals surface area contributed by atoms with Crippen molar-refractivity contribution in [2.45, 2.75) is 19.3 Å². The summed E-state index contributed by atoms with van der Waals surface area (Å²) in [6.07, 6.45) is 3.80. The Morgan fingerprint density at radius 2 is 2.27 bits per heavy atom. The van der Waals surface area contributed by atoms with Crippen LogP contribution in [0.3, 0.4) is 0 Å². The third-order valence-electron chi connectivity index (χ3n) is 2.53. The van der Waals surface area contributed by atoms with Crippen LogP contribution in [0.4, 0.5) is 4.79 Å². The molecule has 0 fully saturated rings. The minimum atomic E-state index is -1.23. The van der Waals surface area contributed by atoms with Crippen LogP contribution < -0.4 is 0 Å². The standard InChI is InChI=1S/C10H11ClO3S/c1-14-10(13)15-8-4-2-3-7(12)6(8)5-9(15)11/h5,15H,2-4H2,1H3. The number of carbonyl (C=O) groups is 2. The van der Waals surface area contributed by atoms with Crippen LogP contribution in [0.1, 0.15) is 19.3 Å². The topological polar surface area (TPSA) is 43.4 Å².